The maximum Gasteiger partial charge on any atom is 0.314 e. The fourth-order valence-corrected chi connectivity index (χ4v) is 6.77. The van der Waals surface area contributed by atoms with Crippen molar-refractivity contribution in [1.29, 1.82) is 0 Å². The summed E-state index contributed by atoms with van der Waals surface area (Å²) in [5.74, 6) is -3.96. The van der Waals surface area contributed by atoms with Crippen molar-refractivity contribution < 1.29 is 55.3 Å². The number of carbonyl (C=O) groups excluding carboxylic acids is 4. The van der Waals surface area contributed by atoms with E-state index in [4.69, 9.17) is 0 Å². The highest BCUT2D eigenvalue weighted by Crippen LogP contribution is 2.36. The maximum atomic E-state index is 13.0. The molecule has 0 saturated heterocycles. The summed E-state index contributed by atoms with van der Waals surface area (Å²) < 4.78 is 64.4. The lowest BCUT2D eigenvalue weighted by molar-refractivity contribution is -0.133. The average molecular weight is 799 g/mol. The molecule has 0 saturated carbocycles. The Morgan fingerprint density at radius 2 is 0.821 bits per heavy atom. The molecule has 56 heavy (non-hydrogen) atoms. The highest BCUT2D eigenvalue weighted by molar-refractivity contribution is 7.86. The first-order valence-corrected chi connectivity index (χ1v) is 19.1. The molecule has 0 fully saturated rings. The van der Waals surface area contributed by atoms with Gasteiger partial charge in [-0.3, -0.25) is 28.3 Å². The molecule has 6 rings (SSSR count). The molecule has 0 aromatic heterocycles. The number of fused-ring (bicyclic) bond motifs is 2. The van der Waals surface area contributed by atoms with Crippen LogP contribution in [0.4, 0.5) is 22.7 Å². The Balaban J connectivity index is 1.07. The number of nitrogens with one attached hydrogen (secondary N) is 4. The number of anilines is 4. The van der Waals surface area contributed by atoms with Gasteiger partial charge in [-0.15, -0.1) is 0 Å². The lowest BCUT2D eigenvalue weighted by atomic mass is 10.1. The fraction of sp³-hybridized carbons (Fsp3) is 0.0526. The van der Waals surface area contributed by atoms with E-state index in [0.717, 1.165) is 12.1 Å². The number of phenols is 2. The molecule has 0 unspecified atom stereocenters. The minimum Gasteiger partial charge on any atom is -0.505 e. The standard InChI is InChI=1S/C38H30N4O12S2/c1-19-15-23(35(45)41-31-13-3-21-17-25(55(49,50)51)7-9-27(21)33(31)43)5-11-29(19)39-37(47)38(48)40-30-12-6-24(16-20(30)2)36(46)42-32-14-4-22-18-26(56(52,53)54)8-10-28(22)34(32)44/h3-18,43-44H,1-2H3,(H,39,47)(H,40,48)(H,41,45)(H,42,46)(H,49,50,51)(H,52,53,54). The molecule has 286 valence electrons. The molecule has 8 N–H and O–H groups in total. The van der Waals surface area contributed by atoms with Crippen molar-refractivity contribution in [2.24, 2.45) is 0 Å². The summed E-state index contributed by atoms with van der Waals surface area (Å²) in [5, 5.41) is 32.6. The molecule has 18 heteroatoms. The van der Waals surface area contributed by atoms with Crippen LogP contribution >= 0.6 is 0 Å². The first kappa shape index (κ1) is 38.9. The van der Waals surface area contributed by atoms with Gasteiger partial charge in [0.05, 0.1) is 21.2 Å². The Bertz CT molecular complexity index is 2700. The van der Waals surface area contributed by atoms with E-state index < -0.39 is 43.9 Å². The summed E-state index contributed by atoms with van der Waals surface area (Å²) in [4.78, 5) is 51.0. The second kappa shape index (κ2) is 14.8. The first-order chi connectivity index (χ1) is 26.3. The van der Waals surface area contributed by atoms with Gasteiger partial charge < -0.3 is 31.5 Å². The van der Waals surface area contributed by atoms with Crippen LogP contribution in [0.2, 0.25) is 0 Å². The predicted octanol–water partition coefficient (Wildman–Crippen LogP) is 5.60. The van der Waals surface area contributed by atoms with Crippen LogP contribution in [0, 0.1) is 13.8 Å². The summed E-state index contributed by atoms with van der Waals surface area (Å²) in [7, 11) is -8.92. The first-order valence-electron chi connectivity index (χ1n) is 16.2. The van der Waals surface area contributed by atoms with Gasteiger partial charge in [0.25, 0.3) is 32.1 Å². The van der Waals surface area contributed by atoms with Crippen molar-refractivity contribution in [3.05, 3.63) is 119 Å². The van der Waals surface area contributed by atoms with Gasteiger partial charge in [-0.2, -0.15) is 16.8 Å². The second-order valence-electron chi connectivity index (χ2n) is 12.5. The molecule has 0 spiro atoms. The molecule has 0 atom stereocenters. The van der Waals surface area contributed by atoms with Gasteiger partial charge in [-0.25, -0.2) is 0 Å². The number of benzene rings is 6. The molecule has 6 aromatic carbocycles. The lowest BCUT2D eigenvalue weighted by Gasteiger charge is -2.13. The van der Waals surface area contributed by atoms with Gasteiger partial charge in [0.2, 0.25) is 0 Å². The minimum atomic E-state index is -4.46. The number of aromatic hydroxyl groups is 2. The minimum absolute atomic E-state index is 0.0307. The zero-order valence-electron chi connectivity index (χ0n) is 29.1. The van der Waals surface area contributed by atoms with Crippen LogP contribution < -0.4 is 21.3 Å². The highest BCUT2D eigenvalue weighted by atomic mass is 32.2. The number of rotatable bonds is 8. The second-order valence-corrected chi connectivity index (χ2v) is 15.4. The van der Waals surface area contributed by atoms with Gasteiger partial charge in [0, 0.05) is 33.3 Å². The van der Waals surface area contributed by atoms with E-state index in [1.807, 2.05) is 0 Å². The molecular formula is C38H30N4O12S2. The third-order valence-electron chi connectivity index (χ3n) is 8.70. The summed E-state index contributed by atoms with van der Waals surface area (Å²) in [5.41, 5.74) is 1.66. The van der Waals surface area contributed by atoms with Crippen LogP contribution in [0.25, 0.3) is 21.5 Å². The Kier molecular flexibility index (Phi) is 10.2. The Morgan fingerprint density at radius 3 is 1.16 bits per heavy atom. The molecule has 0 aliphatic carbocycles. The molecule has 0 bridgehead atoms. The Labute approximate surface area is 318 Å². The average Bonchev–Trinajstić information content (AvgIpc) is 3.14. The van der Waals surface area contributed by atoms with Crippen molar-refractivity contribution in [3.63, 3.8) is 0 Å². The third-order valence-corrected chi connectivity index (χ3v) is 10.4. The van der Waals surface area contributed by atoms with Gasteiger partial charge in [-0.05, 0) is 121 Å². The molecule has 0 heterocycles. The van der Waals surface area contributed by atoms with Crippen LogP contribution in [-0.2, 0) is 29.8 Å². The molecule has 0 radical (unpaired) electrons. The van der Waals surface area contributed by atoms with E-state index in [1.165, 1.54) is 84.9 Å². The molecule has 16 nitrogen and oxygen atoms in total. The Morgan fingerprint density at radius 1 is 0.464 bits per heavy atom. The normalized spacial score (nSPS) is 11.6. The van der Waals surface area contributed by atoms with Gasteiger partial charge in [0.1, 0.15) is 11.5 Å². The molecule has 0 aliphatic heterocycles. The summed E-state index contributed by atoms with van der Waals surface area (Å²) in [6.45, 7) is 3.19. The number of aryl methyl sites for hydroxylation is 2. The molecular weight excluding hydrogens is 769 g/mol. The number of hydrogen-bond acceptors (Lipinski definition) is 10. The van der Waals surface area contributed by atoms with Gasteiger partial charge in [-0.1, -0.05) is 12.1 Å². The zero-order chi connectivity index (χ0) is 40.7. The third kappa shape index (κ3) is 8.12. The summed E-state index contributed by atoms with van der Waals surface area (Å²) >= 11 is 0. The topological polar surface area (TPSA) is 266 Å². The summed E-state index contributed by atoms with van der Waals surface area (Å²) in [6.07, 6.45) is 0. The lowest BCUT2D eigenvalue weighted by Crippen LogP contribution is -2.29. The smallest absolute Gasteiger partial charge is 0.314 e. The van der Waals surface area contributed by atoms with E-state index in [2.05, 4.69) is 21.3 Å². The van der Waals surface area contributed by atoms with E-state index in [1.54, 1.807) is 13.8 Å². The van der Waals surface area contributed by atoms with Gasteiger partial charge >= 0.3 is 11.8 Å². The van der Waals surface area contributed by atoms with E-state index in [0.29, 0.717) is 21.9 Å². The maximum absolute atomic E-state index is 13.0. The van der Waals surface area contributed by atoms with Crippen molar-refractivity contribution >= 4 is 88.2 Å². The number of hydrogen-bond donors (Lipinski definition) is 8. The van der Waals surface area contributed by atoms with Crippen LogP contribution in [0.3, 0.4) is 0 Å². The van der Waals surface area contributed by atoms with Crippen molar-refractivity contribution in [2.75, 3.05) is 21.3 Å². The van der Waals surface area contributed by atoms with Crippen molar-refractivity contribution in [3.8, 4) is 11.5 Å². The molecule has 4 amide bonds. The highest BCUT2D eigenvalue weighted by Gasteiger charge is 2.20. The van der Waals surface area contributed by atoms with Crippen LogP contribution in [0.5, 0.6) is 11.5 Å². The van der Waals surface area contributed by atoms with Crippen molar-refractivity contribution in [1.82, 2.24) is 0 Å². The van der Waals surface area contributed by atoms with E-state index in [-0.39, 0.29) is 65.9 Å². The van der Waals surface area contributed by atoms with E-state index >= 15 is 0 Å². The molecule has 6 aromatic rings. The SMILES string of the molecule is Cc1cc(C(=O)Nc2ccc3cc(S(=O)(=O)O)ccc3c2O)ccc1NC(=O)C(=O)Nc1ccc(C(=O)Nc2ccc3cc(S(=O)(=O)O)ccc3c2O)cc1C. The number of amides is 4. The summed E-state index contributed by atoms with van der Waals surface area (Å²) in [6, 6.07) is 21.3. The number of carbonyl (C=O) groups is 4. The van der Waals surface area contributed by atoms with Crippen LogP contribution in [0.15, 0.2) is 107 Å². The Hall–Kier alpha value is -6.86. The fourth-order valence-electron chi connectivity index (χ4n) is 5.74. The monoisotopic (exact) mass is 798 g/mol. The zero-order valence-corrected chi connectivity index (χ0v) is 30.7. The number of phenolic OH excluding ortho intramolecular Hbond substituents is 2. The quantitative estimate of drug-likeness (QED) is 0.0532. The largest absolute Gasteiger partial charge is 0.505 e. The van der Waals surface area contributed by atoms with Crippen molar-refractivity contribution in [2.45, 2.75) is 23.6 Å². The van der Waals surface area contributed by atoms with Crippen LogP contribution in [0.1, 0.15) is 31.8 Å². The van der Waals surface area contributed by atoms with E-state index in [9.17, 15) is 55.3 Å². The predicted molar refractivity (Wildman–Crippen MR) is 206 cm³/mol. The molecule has 0 aliphatic rings. The van der Waals surface area contributed by atoms with Crippen LogP contribution in [-0.4, -0.2) is 59.8 Å². The van der Waals surface area contributed by atoms with Gasteiger partial charge in [0.15, 0.2) is 0 Å².